The molecule has 21 heavy (non-hydrogen) atoms. The van der Waals surface area contributed by atoms with Crippen LogP contribution in [0.2, 0.25) is 0 Å². The zero-order valence-electron chi connectivity index (χ0n) is 12.4. The summed E-state index contributed by atoms with van der Waals surface area (Å²) in [6, 6.07) is 7.32. The predicted molar refractivity (Wildman–Crippen MR) is 85.5 cm³/mol. The van der Waals surface area contributed by atoms with Gasteiger partial charge < -0.3 is 15.0 Å². The first-order valence-electron chi connectivity index (χ1n) is 6.74. The largest absolute Gasteiger partial charge is 0.385 e. The van der Waals surface area contributed by atoms with Crippen LogP contribution in [0.25, 0.3) is 0 Å². The van der Waals surface area contributed by atoms with Crippen LogP contribution < -0.4 is 5.32 Å². The zero-order chi connectivity index (χ0) is 15.7. The third-order valence-electron chi connectivity index (χ3n) is 2.93. The highest BCUT2D eigenvalue weighted by atomic mass is 79.9. The highest BCUT2D eigenvalue weighted by molar-refractivity contribution is 9.08. The molecule has 116 valence electrons. The zero-order valence-corrected chi connectivity index (χ0v) is 14.0. The Labute approximate surface area is 133 Å². The lowest BCUT2D eigenvalue weighted by Crippen LogP contribution is -2.38. The first-order valence-corrected chi connectivity index (χ1v) is 7.86. The van der Waals surface area contributed by atoms with E-state index in [-0.39, 0.29) is 18.4 Å². The fourth-order valence-electron chi connectivity index (χ4n) is 1.74. The van der Waals surface area contributed by atoms with E-state index < -0.39 is 0 Å². The number of hydrogen-bond donors (Lipinski definition) is 1. The number of likely N-dealkylation sites (N-methyl/N-ethyl adjacent to an activating group) is 1. The molecule has 0 fully saturated rings. The second kappa shape index (κ2) is 9.52. The van der Waals surface area contributed by atoms with Gasteiger partial charge in [-0.2, -0.15) is 0 Å². The van der Waals surface area contributed by atoms with E-state index in [1.807, 2.05) is 12.1 Å². The number of nitrogens with zero attached hydrogens (tertiary/aromatic N) is 1. The van der Waals surface area contributed by atoms with Crippen molar-refractivity contribution in [3.63, 3.8) is 0 Å². The van der Waals surface area contributed by atoms with Crippen molar-refractivity contribution in [3.8, 4) is 0 Å². The Hall–Kier alpha value is -1.40. The van der Waals surface area contributed by atoms with Gasteiger partial charge in [0, 0.05) is 38.2 Å². The van der Waals surface area contributed by atoms with Crippen LogP contribution in [-0.4, -0.2) is 50.6 Å². The summed E-state index contributed by atoms with van der Waals surface area (Å²) in [5.41, 5.74) is 1.68. The number of amides is 2. The van der Waals surface area contributed by atoms with Gasteiger partial charge in [-0.3, -0.25) is 9.59 Å². The smallest absolute Gasteiger partial charge is 0.254 e. The van der Waals surface area contributed by atoms with Gasteiger partial charge in [-0.05, 0) is 24.1 Å². The van der Waals surface area contributed by atoms with Crippen molar-refractivity contribution in [1.82, 2.24) is 10.2 Å². The number of carbonyl (C=O) groups is 2. The molecule has 0 unspecified atom stereocenters. The number of rotatable bonds is 8. The Balaban J connectivity index is 2.44. The molecule has 0 spiro atoms. The molecule has 1 N–H and O–H groups in total. The Morgan fingerprint density at radius 3 is 2.52 bits per heavy atom. The van der Waals surface area contributed by atoms with Crippen molar-refractivity contribution >= 4 is 27.7 Å². The van der Waals surface area contributed by atoms with Crippen LogP contribution in [0.15, 0.2) is 24.3 Å². The summed E-state index contributed by atoms with van der Waals surface area (Å²) in [7, 11) is 3.24. The van der Waals surface area contributed by atoms with Crippen LogP contribution in [0.4, 0.5) is 0 Å². The Morgan fingerprint density at radius 2 is 1.95 bits per heavy atom. The van der Waals surface area contributed by atoms with Crippen LogP contribution >= 0.6 is 15.9 Å². The SMILES string of the molecule is COCCCNC(=O)CN(C)C(=O)c1ccc(CBr)cc1. The van der Waals surface area contributed by atoms with E-state index in [1.165, 1.54) is 4.90 Å². The minimum Gasteiger partial charge on any atom is -0.385 e. The quantitative estimate of drug-likeness (QED) is 0.570. The summed E-state index contributed by atoms with van der Waals surface area (Å²) in [4.78, 5) is 25.3. The number of ether oxygens (including phenoxy) is 1. The average molecular weight is 357 g/mol. The molecule has 0 atom stereocenters. The van der Waals surface area contributed by atoms with Gasteiger partial charge in [0.2, 0.25) is 5.91 Å². The molecule has 0 radical (unpaired) electrons. The number of benzene rings is 1. The van der Waals surface area contributed by atoms with E-state index in [0.717, 1.165) is 17.3 Å². The number of methoxy groups -OCH3 is 1. The second-order valence-corrected chi connectivity index (χ2v) is 5.25. The standard InChI is InChI=1S/C15H21BrN2O3/c1-18(11-14(19)17-8-3-9-21-2)15(20)13-6-4-12(10-16)5-7-13/h4-7H,3,8-11H2,1-2H3,(H,17,19). The van der Waals surface area contributed by atoms with E-state index in [9.17, 15) is 9.59 Å². The summed E-state index contributed by atoms with van der Waals surface area (Å²) in [5, 5.41) is 3.51. The van der Waals surface area contributed by atoms with E-state index in [1.54, 1.807) is 26.3 Å². The van der Waals surface area contributed by atoms with Gasteiger partial charge in [-0.25, -0.2) is 0 Å². The van der Waals surface area contributed by atoms with Crippen molar-refractivity contribution in [3.05, 3.63) is 35.4 Å². The molecule has 0 bridgehead atoms. The molecule has 0 saturated heterocycles. The highest BCUT2D eigenvalue weighted by Crippen LogP contribution is 2.09. The molecule has 0 saturated carbocycles. The molecule has 0 aliphatic rings. The molecular formula is C15H21BrN2O3. The molecule has 0 heterocycles. The van der Waals surface area contributed by atoms with Gasteiger partial charge in [0.25, 0.3) is 5.91 Å². The number of alkyl halides is 1. The van der Waals surface area contributed by atoms with Crippen molar-refractivity contribution in [1.29, 1.82) is 0 Å². The molecule has 0 aliphatic heterocycles. The van der Waals surface area contributed by atoms with Crippen LogP contribution in [0.1, 0.15) is 22.3 Å². The fourth-order valence-corrected chi connectivity index (χ4v) is 2.12. The molecule has 0 aromatic heterocycles. The van der Waals surface area contributed by atoms with Crippen molar-refractivity contribution in [2.45, 2.75) is 11.8 Å². The topological polar surface area (TPSA) is 58.6 Å². The molecule has 0 aliphatic carbocycles. The molecule has 1 aromatic carbocycles. The molecule has 5 nitrogen and oxygen atoms in total. The maximum absolute atomic E-state index is 12.2. The minimum absolute atomic E-state index is 0.0476. The monoisotopic (exact) mass is 356 g/mol. The number of nitrogens with one attached hydrogen (secondary N) is 1. The van der Waals surface area contributed by atoms with Gasteiger partial charge >= 0.3 is 0 Å². The van der Waals surface area contributed by atoms with Crippen LogP contribution in [0.3, 0.4) is 0 Å². The van der Waals surface area contributed by atoms with Crippen molar-refractivity contribution < 1.29 is 14.3 Å². The van der Waals surface area contributed by atoms with Gasteiger partial charge in [-0.15, -0.1) is 0 Å². The molecule has 2 amide bonds. The Bertz CT molecular complexity index is 462. The van der Waals surface area contributed by atoms with E-state index in [0.29, 0.717) is 18.7 Å². The van der Waals surface area contributed by atoms with E-state index >= 15 is 0 Å². The molecule has 1 aromatic rings. The normalized spacial score (nSPS) is 10.2. The van der Waals surface area contributed by atoms with Gasteiger partial charge in [0.1, 0.15) is 0 Å². The van der Waals surface area contributed by atoms with Gasteiger partial charge in [-0.1, -0.05) is 28.1 Å². The lowest BCUT2D eigenvalue weighted by molar-refractivity contribution is -0.121. The fraction of sp³-hybridized carbons (Fsp3) is 0.467. The van der Waals surface area contributed by atoms with Crippen molar-refractivity contribution in [2.24, 2.45) is 0 Å². The van der Waals surface area contributed by atoms with Crippen LogP contribution in [-0.2, 0) is 14.9 Å². The minimum atomic E-state index is -0.168. The van der Waals surface area contributed by atoms with E-state index in [4.69, 9.17) is 4.74 Å². The third kappa shape index (κ3) is 6.27. The Morgan fingerprint density at radius 1 is 1.29 bits per heavy atom. The van der Waals surface area contributed by atoms with Crippen LogP contribution in [0.5, 0.6) is 0 Å². The molecular weight excluding hydrogens is 336 g/mol. The highest BCUT2D eigenvalue weighted by Gasteiger charge is 2.14. The summed E-state index contributed by atoms with van der Waals surface area (Å²) >= 11 is 3.36. The number of carbonyl (C=O) groups excluding carboxylic acids is 2. The number of halogens is 1. The Kier molecular flexibility index (Phi) is 8.00. The summed E-state index contributed by atoms with van der Waals surface area (Å²) in [6.07, 6.45) is 0.758. The maximum atomic E-state index is 12.2. The van der Waals surface area contributed by atoms with Gasteiger partial charge in [0.05, 0.1) is 6.54 Å². The average Bonchev–Trinajstić information content (AvgIpc) is 2.51. The predicted octanol–water partition coefficient (Wildman–Crippen LogP) is 1.81. The summed E-state index contributed by atoms with van der Waals surface area (Å²) in [6.45, 7) is 1.20. The van der Waals surface area contributed by atoms with Crippen LogP contribution in [0, 0.1) is 0 Å². The summed E-state index contributed by atoms with van der Waals surface area (Å²) < 4.78 is 4.90. The second-order valence-electron chi connectivity index (χ2n) is 4.69. The first-order chi connectivity index (χ1) is 10.1. The first kappa shape index (κ1) is 17.7. The van der Waals surface area contributed by atoms with Gasteiger partial charge in [0.15, 0.2) is 0 Å². The lowest BCUT2D eigenvalue weighted by atomic mass is 10.1. The maximum Gasteiger partial charge on any atom is 0.254 e. The lowest BCUT2D eigenvalue weighted by Gasteiger charge is -2.17. The summed E-state index contributed by atoms with van der Waals surface area (Å²) in [5.74, 6) is -0.331. The van der Waals surface area contributed by atoms with Crippen molar-refractivity contribution in [2.75, 3.05) is 33.9 Å². The molecule has 1 rings (SSSR count). The number of hydrogen-bond acceptors (Lipinski definition) is 3. The third-order valence-corrected chi connectivity index (χ3v) is 3.58. The van der Waals surface area contributed by atoms with E-state index in [2.05, 4.69) is 21.2 Å². The molecule has 6 heteroatoms.